The van der Waals surface area contributed by atoms with Crippen molar-refractivity contribution in [2.24, 2.45) is 0 Å². The summed E-state index contributed by atoms with van der Waals surface area (Å²) in [6, 6.07) is -0.854. The minimum absolute atomic E-state index is 0.224. The number of unbranched alkanes of at least 4 members (excludes halogenated alkanes) is 41. The van der Waals surface area contributed by atoms with Gasteiger partial charge in [0.05, 0.1) is 25.4 Å². The van der Waals surface area contributed by atoms with E-state index in [0.29, 0.717) is 12.8 Å². The first-order valence-electron chi connectivity index (χ1n) is 31.1. The Morgan fingerprint density at radius 2 is 0.877 bits per heavy atom. The summed E-state index contributed by atoms with van der Waals surface area (Å²) in [5.74, 6) is -0.224. The Kier molecular flexibility index (Phi) is 48.2. The number of aliphatic hydroxyl groups is 4. The maximum Gasteiger partial charge on any atom is 0.397 e. The molecule has 1 amide bonds. The molecule has 0 aromatic heterocycles. The lowest BCUT2D eigenvalue weighted by Gasteiger charge is -2.41. The summed E-state index contributed by atoms with van der Waals surface area (Å²) < 4.78 is 47.9. The highest BCUT2D eigenvalue weighted by molar-refractivity contribution is 7.80. The van der Waals surface area contributed by atoms with Crippen LogP contribution in [-0.2, 0) is 28.9 Å². The fraction of sp³-hybridized carbons (Fsp3) is 0.950. The Morgan fingerprint density at radius 1 is 0.534 bits per heavy atom. The number of aliphatic hydroxyl groups excluding tert-OH is 4. The first kappa shape index (κ1) is 69.9. The predicted molar refractivity (Wildman–Crippen MR) is 301 cm³/mol. The number of carbonyl (C=O) groups excluding carboxylic acids is 1. The van der Waals surface area contributed by atoms with Crippen LogP contribution in [0.4, 0.5) is 0 Å². The lowest BCUT2D eigenvalue weighted by molar-refractivity contribution is -0.298. The Bertz CT molecular complexity index is 1340. The predicted octanol–water partition coefficient (Wildman–Crippen LogP) is 15.0. The Morgan fingerprint density at radius 3 is 1.23 bits per heavy atom. The maximum atomic E-state index is 13.1. The van der Waals surface area contributed by atoms with E-state index in [1.54, 1.807) is 0 Å². The van der Waals surface area contributed by atoms with Gasteiger partial charge in [0, 0.05) is 6.42 Å². The molecular weight excluding hydrogens is 943 g/mol. The molecule has 0 saturated carbocycles. The third-order valence-electron chi connectivity index (χ3n) is 15.1. The molecule has 1 aliphatic heterocycles. The smallest absolute Gasteiger partial charge is 0.394 e. The van der Waals surface area contributed by atoms with Crippen molar-refractivity contribution in [3.05, 3.63) is 12.2 Å². The zero-order chi connectivity index (χ0) is 53.3. The topological polar surface area (TPSA) is 192 Å². The molecule has 1 fully saturated rings. The molecule has 0 radical (unpaired) electrons. The van der Waals surface area contributed by atoms with Gasteiger partial charge in [0.15, 0.2) is 6.29 Å². The van der Waals surface area contributed by atoms with Gasteiger partial charge in [-0.1, -0.05) is 276 Å². The number of ether oxygens (including phenoxy) is 2. The minimum atomic E-state index is -5.08. The Balaban J connectivity index is 2.19. The highest BCUT2D eigenvalue weighted by Crippen LogP contribution is 2.26. The second-order valence-electron chi connectivity index (χ2n) is 22.0. The van der Waals surface area contributed by atoms with Crippen LogP contribution in [0.15, 0.2) is 12.2 Å². The van der Waals surface area contributed by atoms with Gasteiger partial charge in [0.25, 0.3) is 0 Å². The number of hydrogen-bond donors (Lipinski definition) is 6. The molecule has 0 aromatic rings. The molecule has 0 spiro atoms. The highest BCUT2D eigenvalue weighted by atomic mass is 32.3. The quantitative estimate of drug-likeness (QED) is 0.0193. The summed E-state index contributed by atoms with van der Waals surface area (Å²) in [4.78, 5) is 13.1. The normalized spacial score (nSPS) is 19.2. The van der Waals surface area contributed by atoms with Crippen LogP contribution in [0.5, 0.6) is 0 Å². The number of carbonyl (C=O) groups is 1. The fourth-order valence-electron chi connectivity index (χ4n) is 10.3. The van der Waals surface area contributed by atoms with Crippen molar-refractivity contribution >= 4 is 16.3 Å². The highest BCUT2D eigenvalue weighted by Gasteiger charge is 2.48. The van der Waals surface area contributed by atoms with Crippen molar-refractivity contribution in [2.45, 2.75) is 352 Å². The number of amides is 1. The van der Waals surface area contributed by atoms with Gasteiger partial charge in [-0.05, 0) is 38.5 Å². The SMILES string of the molecule is CCCCCCCCCCCCCC/C=C\CCCCCCCCCCCCCCCCCCCC(=O)NC(COC1OC(CO)C(O)C(OS(=O)(=O)O)C1O)C(O)CCCCCCCCCCCCCCC. The molecule has 0 aromatic carbocycles. The Labute approximate surface area is 449 Å². The second-order valence-corrected chi connectivity index (χ2v) is 23.0. The molecule has 1 rings (SSSR count). The molecule has 7 atom stereocenters. The maximum absolute atomic E-state index is 13.1. The monoisotopic (exact) mass is 1060 g/mol. The molecular formula is C60H117NO11S. The van der Waals surface area contributed by atoms with E-state index in [9.17, 15) is 38.2 Å². The summed E-state index contributed by atoms with van der Waals surface area (Å²) in [6.45, 7) is 3.49. The molecule has 1 aliphatic rings. The van der Waals surface area contributed by atoms with Crippen LogP contribution in [-0.4, -0.2) is 95.4 Å². The first-order valence-corrected chi connectivity index (χ1v) is 32.4. The van der Waals surface area contributed by atoms with Gasteiger partial charge in [-0.3, -0.25) is 9.35 Å². The van der Waals surface area contributed by atoms with Crippen LogP contribution in [0.1, 0.15) is 309 Å². The van der Waals surface area contributed by atoms with Crippen LogP contribution in [0.3, 0.4) is 0 Å². The third-order valence-corrected chi connectivity index (χ3v) is 15.5. The summed E-state index contributed by atoms with van der Waals surface area (Å²) in [5, 5.41) is 45.1. The molecule has 73 heavy (non-hydrogen) atoms. The van der Waals surface area contributed by atoms with E-state index < -0.39 is 59.9 Å². The van der Waals surface area contributed by atoms with Gasteiger partial charge >= 0.3 is 10.4 Å². The Hall–Kier alpha value is -1.16. The molecule has 1 heterocycles. The zero-order valence-corrected chi connectivity index (χ0v) is 48.0. The van der Waals surface area contributed by atoms with E-state index in [0.717, 1.165) is 51.4 Å². The van der Waals surface area contributed by atoms with Gasteiger partial charge in [-0.15, -0.1) is 0 Å². The van der Waals surface area contributed by atoms with Crippen LogP contribution >= 0.6 is 0 Å². The fourth-order valence-corrected chi connectivity index (χ4v) is 10.8. The summed E-state index contributed by atoms with van der Waals surface area (Å²) in [6.07, 6.45) is 52.5. The van der Waals surface area contributed by atoms with Crippen LogP contribution < -0.4 is 5.32 Å². The van der Waals surface area contributed by atoms with Gasteiger partial charge in [-0.25, -0.2) is 4.18 Å². The molecule has 0 aliphatic carbocycles. The lowest BCUT2D eigenvalue weighted by Crippen LogP contribution is -2.61. The number of nitrogens with one attached hydrogen (secondary N) is 1. The average Bonchev–Trinajstić information content (AvgIpc) is 3.37. The van der Waals surface area contributed by atoms with Gasteiger partial charge in [0.1, 0.15) is 24.4 Å². The molecule has 1 saturated heterocycles. The largest absolute Gasteiger partial charge is 0.397 e. The summed E-state index contributed by atoms with van der Waals surface area (Å²) in [5.41, 5.74) is 0. The van der Waals surface area contributed by atoms with Crippen LogP contribution in [0.25, 0.3) is 0 Å². The molecule has 7 unspecified atom stereocenters. The number of hydrogen-bond acceptors (Lipinski definition) is 10. The first-order chi connectivity index (χ1) is 35.5. The average molecular weight is 1060 g/mol. The van der Waals surface area contributed by atoms with Gasteiger partial charge in [-0.2, -0.15) is 8.42 Å². The molecule has 434 valence electrons. The third kappa shape index (κ3) is 42.5. The minimum Gasteiger partial charge on any atom is -0.394 e. The molecule has 0 bridgehead atoms. The van der Waals surface area contributed by atoms with E-state index in [-0.39, 0.29) is 12.5 Å². The lowest BCUT2D eigenvalue weighted by atomic mass is 9.99. The van der Waals surface area contributed by atoms with Crippen molar-refractivity contribution < 1.29 is 51.8 Å². The second kappa shape index (κ2) is 50.4. The van der Waals surface area contributed by atoms with Gasteiger partial charge in [0.2, 0.25) is 5.91 Å². The van der Waals surface area contributed by atoms with E-state index in [2.05, 4.69) is 35.5 Å². The van der Waals surface area contributed by atoms with Crippen molar-refractivity contribution in [3.8, 4) is 0 Å². The van der Waals surface area contributed by atoms with E-state index in [4.69, 9.17) is 9.47 Å². The van der Waals surface area contributed by atoms with Crippen molar-refractivity contribution in [1.82, 2.24) is 5.32 Å². The van der Waals surface area contributed by atoms with Crippen molar-refractivity contribution in [1.29, 1.82) is 0 Å². The summed E-state index contributed by atoms with van der Waals surface area (Å²) >= 11 is 0. The zero-order valence-electron chi connectivity index (χ0n) is 47.2. The number of rotatable bonds is 55. The van der Waals surface area contributed by atoms with Crippen molar-refractivity contribution in [3.63, 3.8) is 0 Å². The molecule has 6 N–H and O–H groups in total. The standard InChI is InChI=1S/C60H117NO11S/c1-3-5-7-9-11-13-15-17-18-19-20-21-22-23-24-25-26-27-28-29-30-31-32-33-34-35-36-38-40-42-44-46-48-50-56(64)61-53(54(63)49-47-45-43-41-39-37-16-14-12-10-8-6-4-2)52-70-60-58(66)59(72-73(67,68)69)57(65)55(51-62)71-60/h23-24,53-55,57-60,62-63,65-66H,3-22,25-52H2,1-2H3,(H,61,64)(H,67,68,69)/b24-23-. The van der Waals surface area contributed by atoms with Gasteiger partial charge < -0.3 is 35.2 Å². The van der Waals surface area contributed by atoms with E-state index in [1.807, 2.05) is 0 Å². The molecule has 13 heteroatoms. The van der Waals surface area contributed by atoms with E-state index in [1.165, 1.54) is 231 Å². The van der Waals surface area contributed by atoms with Crippen molar-refractivity contribution in [2.75, 3.05) is 13.2 Å². The van der Waals surface area contributed by atoms with Crippen LogP contribution in [0, 0.1) is 0 Å². The molecule has 12 nitrogen and oxygen atoms in total. The summed E-state index contributed by atoms with van der Waals surface area (Å²) in [7, 11) is -5.08. The van der Waals surface area contributed by atoms with Crippen LogP contribution in [0.2, 0.25) is 0 Å². The number of allylic oxidation sites excluding steroid dienone is 2. The van der Waals surface area contributed by atoms with E-state index >= 15 is 0 Å².